The van der Waals surface area contributed by atoms with Crippen molar-refractivity contribution in [3.63, 3.8) is 0 Å². The lowest BCUT2D eigenvalue weighted by Gasteiger charge is -2.10. The van der Waals surface area contributed by atoms with Gasteiger partial charge >= 0.3 is 0 Å². The van der Waals surface area contributed by atoms with E-state index >= 15 is 0 Å². The number of rotatable bonds is 7. The molecule has 2 aromatic carbocycles. The van der Waals surface area contributed by atoms with Crippen molar-refractivity contribution in [1.29, 1.82) is 0 Å². The topological polar surface area (TPSA) is 12.5 Å². The molecule has 0 aliphatic rings. The fraction of sp³-hybridized carbons (Fsp3) is 0.263. The molecule has 0 saturated heterocycles. The largest absolute Gasteiger partial charge is 0.494 e. The maximum atomic E-state index is 5.72. The van der Waals surface area contributed by atoms with E-state index in [0.29, 0.717) is 0 Å². The average molecular weight is 281 g/mol. The highest BCUT2D eigenvalue weighted by molar-refractivity contribution is 5.69. The summed E-state index contributed by atoms with van der Waals surface area (Å²) in [4.78, 5) is 2.17. The van der Waals surface area contributed by atoms with Gasteiger partial charge in [-0.15, -0.1) is 0 Å². The van der Waals surface area contributed by atoms with Crippen LogP contribution in [-0.4, -0.2) is 32.1 Å². The minimum absolute atomic E-state index is 0.761. The average Bonchev–Trinajstić information content (AvgIpc) is 2.51. The van der Waals surface area contributed by atoms with Crippen molar-refractivity contribution in [2.75, 3.05) is 27.2 Å². The van der Waals surface area contributed by atoms with Gasteiger partial charge in [-0.1, -0.05) is 54.6 Å². The minimum Gasteiger partial charge on any atom is -0.494 e. The number of benzene rings is 2. The van der Waals surface area contributed by atoms with Crippen LogP contribution in [0.2, 0.25) is 0 Å². The van der Waals surface area contributed by atoms with Crippen molar-refractivity contribution in [3.8, 4) is 5.75 Å². The molecular formula is C19H23NO. The van der Waals surface area contributed by atoms with Crippen LogP contribution in [0.5, 0.6) is 5.75 Å². The monoisotopic (exact) mass is 281 g/mol. The van der Waals surface area contributed by atoms with Crippen LogP contribution in [0.1, 0.15) is 17.5 Å². The van der Waals surface area contributed by atoms with Crippen LogP contribution >= 0.6 is 0 Å². The molecule has 2 rings (SSSR count). The molecule has 0 atom stereocenters. The molecule has 2 heteroatoms. The molecule has 0 saturated carbocycles. The lowest BCUT2D eigenvalue weighted by Crippen LogP contribution is -2.15. The molecule has 0 spiro atoms. The Morgan fingerprint density at radius 3 is 2.10 bits per heavy atom. The Balaban J connectivity index is 1.83. The van der Waals surface area contributed by atoms with E-state index < -0.39 is 0 Å². The van der Waals surface area contributed by atoms with Crippen LogP contribution in [0.25, 0.3) is 12.2 Å². The first-order valence-electron chi connectivity index (χ1n) is 7.35. The second-order valence-electron chi connectivity index (χ2n) is 5.32. The molecule has 0 unspecified atom stereocenters. The van der Waals surface area contributed by atoms with E-state index in [4.69, 9.17) is 4.74 Å². The van der Waals surface area contributed by atoms with Gasteiger partial charge in [0.25, 0.3) is 0 Å². The number of hydrogen-bond acceptors (Lipinski definition) is 2. The number of nitrogens with zero attached hydrogens (tertiary/aromatic N) is 1. The van der Waals surface area contributed by atoms with E-state index in [9.17, 15) is 0 Å². The number of hydrogen-bond donors (Lipinski definition) is 0. The van der Waals surface area contributed by atoms with Crippen LogP contribution in [0.15, 0.2) is 54.6 Å². The Hall–Kier alpha value is -2.06. The lowest BCUT2D eigenvalue weighted by atomic mass is 10.1. The SMILES string of the molecule is CN(C)CCCOc1ccc(/C=C\c2ccccc2)cc1. The molecule has 110 valence electrons. The number of ether oxygens (including phenoxy) is 1. The zero-order valence-corrected chi connectivity index (χ0v) is 12.8. The zero-order chi connectivity index (χ0) is 14.9. The predicted molar refractivity (Wildman–Crippen MR) is 90.5 cm³/mol. The molecule has 0 radical (unpaired) electrons. The van der Waals surface area contributed by atoms with Gasteiger partial charge in [-0.2, -0.15) is 0 Å². The first kappa shape index (κ1) is 15.3. The van der Waals surface area contributed by atoms with Gasteiger partial charge < -0.3 is 9.64 Å². The van der Waals surface area contributed by atoms with E-state index in [0.717, 1.165) is 25.3 Å². The molecule has 0 fully saturated rings. The predicted octanol–water partition coefficient (Wildman–Crippen LogP) is 4.19. The van der Waals surface area contributed by atoms with Crippen molar-refractivity contribution in [3.05, 3.63) is 65.7 Å². The van der Waals surface area contributed by atoms with Gasteiger partial charge in [-0.05, 0) is 43.8 Å². The molecule has 2 nitrogen and oxygen atoms in total. The van der Waals surface area contributed by atoms with Crippen LogP contribution in [0, 0.1) is 0 Å². The molecule has 0 bridgehead atoms. The lowest BCUT2D eigenvalue weighted by molar-refractivity contribution is 0.281. The van der Waals surface area contributed by atoms with Crippen LogP contribution in [0.3, 0.4) is 0 Å². The molecule has 0 N–H and O–H groups in total. The van der Waals surface area contributed by atoms with Crippen molar-refractivity contribution in [2.24, 2.45) is 0 Å². The van der Waals surface area contributed by atoms with E-state index in [1.165, 1.54) is 11.1 Å². The highest BCUT2D eigenvalue weighted by Crippen LogP contribution is 2.14. The van der Waals surface area contributed by atoms with Crippen molar-refractivity contribution < 1.29 is 4.74 Å². The zero-order valence-electron chi connectivity index (χ0n) is 12.8. The summed E-state index contributed by atoms with van der Waals surface area (Å²) in [5.41, 5.74) is 2.39. The van der Waals surface area contributed by atoms with Gasteiger partial charge in [0.05, 0.1) is 6.61 Å². The first-order valence-corrected chi connectivity index (χ1v) is 7.35. The molecule has 21 heavy (non-hydrogen) atoms. The third kappa shape index (κ3) is 5.84. The summed E-state index contributed by atoms with van der Waals surface area (Å²) in [7, 11) is 4.15. The summed E-state index contributed by atoms with van der Waals surface area (Å²) in [6.45, 7) is 1.81. The molecule has 0 aliphatic carbocycles. The van der Waals surface area contributed by atoms with Crippen LogP contribution in [-0.2, 0) is 0 Å². The Kier molecular flexibility index (Phi) is 6.04. The summed E-state index contributed by atoms with van der Waals surface area (Å²) in [5.74, 6) is 0.936. The summed E-state index contributed by atoms with van der Waals surface area (Å²) >= 11 is 0. The van der Waals surface area contributed by atoms with E-state index in [-0.39, 0.29) is 0 Å². The molecule has 2 aromatic rings. The fourth-order valence-electron chi connectivity index (χ4n) is 2.00. The second-order valence-corrected chi connectivity index (χ2v) is 5.32. The Morgan fingerprint density at radius 1 is 0.857 bits per heavy atom. The highest BCUT2D eigenvalue weighted by atomic mass is 16.5. The molecular weight excluding hydrogens is 258 g/mol. The molecule has 0 aliphatic heterocycles. The minimum atomic E-state index is 0.761. The summed E-state index contributed by atoms with van der Waals surface area (Å²) in [6.07, 6.45) is 5.28. The van der Waals surface area contributed by atoms with Gasteiger partial charge in [-0.3, -0.25) is 0 Å². The first-order chi connectivity index (χ1) is 10.2. The Morgan fingerprint density at radius 2 is 1.48 bits per heavy atom. The van der Waals surface area contributed by atoms with Crippen molar-refractivity contribution >= 4 is 12.2 Å². The Bertz CT molecular complexity index is 544. The summed E-state index contributed by atoms with van der Waals surface area (Å²) in [5, 5.41) is 0. The Labute approximate surface area is 127 Å². The van der Waals surface area contributed by atoms with Gasteiger partial charge in [0, 0.05) is 6.54 Å². The van der Waals surface area contributed by atoms with Crippen LogP contribution < -0.4 is 4.74 Å². The third-order valence-corrected chi connectivity index (χ3v) is 3.17. The van der Waals surface area contributed by atoms with Crippen molar-refractivity contribution in [1.82, 2.24) is 4.90 Å². The van der Waals surface area contributed by atoms with E-state index in [1.54, 1.807) is 0 Å². The van der Waals surface area contributed by atoms with Crippen LogP contribution in [0.4, 0.5) is 0 Å². The van der Waals surface area contributed by atoms with Gasteiger partial charge in [-0.25, -0.2) is 0 Å². The third-order valence-electron chi connectivity index (χ3n) is 3.17. The van der Waals surface area contributed by atoms with Gasteiger partial charge in [0.1, 0.15) is 5.75 Å². The summed E-state index contributed by atoms with van der Waals surface area (Å²) < 4.78 is 5.72. The quantitative estimate of drug-likeness (QED) is 0.557. The molecule has 0 aromatic heterocycles. The second kappa shape index (κ2) is 8.28. The maximum Gasteiger partial charge on any atom is 0.119 e. The normalized spacial score (nSPS) is 11.2. The van der Waals surface area contributed by atoms with Gasteiger partial charge in [0.15, 0.2) is 0 Å². The highest BCUT2D eigenvalue weighted by Gasteiger charge is 1.95. The summed E-state index contributed by atoms with van der Waals surface area (Å²) in [6, 6.07) is 18.5. The fourth-order valence-corrected chi connectivity index (χ4v) is 2.00. The van der Waals surface area contributed by atoms with E-state index in [2.05, 4.69) is 55.4 Å². The van der Waals surface area contributed by atoms with Crippen molar-refractivity contribution in [2.45, 2.75) is 6.42 Å². The van der Waals surface area contributed by atoms with Gasteiger partial charge in [0.2, 0.25) is 0 Å². The van der Waals surface area contributed by atoms with E-state index in [1.807, 2.05) is 30.3 Å². The standard InChI is InChI=1S/C19H23NO/c1-20(2)15-6-16-21-19-13-11-18(12-14-19)10-9-17-7-4-3-5-8-17/h3-5,7-14H,6,15-16H2,1-2H3/b10-9-. The smallest absolute Gasteiger partial charge is 0.119 e. The molecule has 0 amide bonds. The maximum absolute atomic E-state index is 5.72. The molecule has 0 heterocycles.